The molecule has 0 saturated carbocycles. The molecule has 0 aliphatic rings. The molecule has 2 aromatic rings. The van der Waals surface area contributed by atoms with E-state index in [0.717, 1.165) is 17.8 Å². The first-order chi connectivity index (χ1) is 10.0. The van der Waals surface area contributed by atoms with Crippen molar-refractivity contribution in [1.82, 2.24) is 14.7 Å². The monoisotopic (exact) mass is 286 g/mol. The van der Waals surface area contributed by atoms with E-state index < -0.39 is 0 Å². The molecule has 5 nitrogen and oxygen atoms in total. The summed E-state index contributed by atoms with van der Waals surface area (Å²) in [6.07, 6.45) is 3.70. The molecule has 2 rings (SSSR count). The van der Waals surface area contributed by atoms with Gasteiger partial charge in [0.25, 0.3) is 5.91 Å². The van der Waals surface area contributed by atoms with E-state index >= 15 is 0 Å². The van der Waals surface area contributed by atoms with E-state index in [1.807, 2.05) is 44.6 Å². The predicted octanol–water partition coefficient (Wildman–Crippen LogP) is 2.15. The quantitative estimate of drug-likeness (QED) is 0.845. The fraction of sp³-hybridized carbons (Fsp3) is 0.375. The van der Waals surface area contributed by atoms with Gasteiger partial charge in [-0.05, 0) is 31.2 Å². The predicted molar refractivity (Wildman–Crippen MR) is 84.4 cm³/mol. The van der Waals surface area contributed by atoms with Crippen molar-refractivity contribution in [2.75, 3.05) is 25.5 Å². The van der Waals surface area contributed by atoms with Crippen LogP contribution in [-0.2, 0) is 13.6 Å². The molecule has 1 amide bonds. The summed E-state index contributed by atoms with van der Waals surface area (Å²) >= 11 is 0. The Balaban J connectivity index is 2.05. The summed E-state index contributed by atoms with van der Waals surface area (Å²) in [5, 5.41) is 4.12. The zero-order valence-electron chi connectivity index (χ0n) is 13.1. The van der Waals surface area contributed by atoms with Crippen LogP contribution in [0.5, 0.6) is 0 Å². The van der Waals surface area contributed by atoms with Crippen molar-refractivity contribution in [3.63, 3.8) is 0 Å². The van der Waals surface area contributed by atoms with Crippen LogP contribution in [-0.4, -0.2) is 41.2 Å². The summed E-state index contributed by atoms with van der Waals surface area (Å²) in [5.41, 5.74) is 2.84. The Morgan fingerprint density at radius 1 is 1.24 bits per heavy atom. The van der Waals surface area contributed by atoms with Gasteiger partial charge in [0.05, 0.1) is 6.20 Å². The first kappa shape index (κ1) is 15.1. The Morgan fingerprint density at radius 3 is 2.43 bits per heavy atom. The molecule has 0 N–H and O–H groups in total. The number of amides is 1. The molecule has 0 spiro atoms. The lowest BCUT2D eigenvalue weighted by atomic mass is 10.1. The summed E-state index contributed by atoms with van der Waals surface area (Å²) in [5.74, 6) is 0.0181. The Labute approximate surface area is 125 Å². The van der Waals surface area contributed by atoms with Crippen LogP contribution >= 0.6 is 0 Å². The number of carbonyl (C=O) groups is 1. The van der Waals surface area contributed by atoms with Gasteiger partial charge < -0.3 is 9.80 Å². The van der Waals surface area contributed by atoms with Gasteiger partial charge in [-0.3, -0.25) is 9.48 Å². The van der Waals surface area contributed by atoms with Crippen LogP contribution in [0.25, 0.3) is 0 Å². The van der Waals surface area contributed by atoms with E-state index in [9.17, 15) is 4.79 Å². The second-order valence-electron chi connectivity index (χ2n) is 5.24. The summed E-state index contributed by atoms with van der Waals surface area (Å²) in [7, 11) is 5.71. The first-order valence-electron chi connectivity index (χ1n) is 7.05. The maximum Gasteiger partial charge on any atom is 0.253 e. The van der Waals surface area contributed by atoms with E-state index in [0.29, 0.717) is 12.1 Å². The van der Waals surface area contributed by atoms with Crippen molar-refractivity contribution < 1.29 is 4.79 Å². The van der Waals surface area contributed by atoms with Crippen molar-refractivity contribution in [3.05, 3.63) is 47.8 Å². The molecular formula is C16H22N4O. The van der Waals surface area contributed by atoms with E-state index in [1.54, 1.807) is 22.8 Å². The third kappa shape index (κ3) is 3.62. The van der Waals surface area contributed by atoms with Crippen LogP contribution in [0.4, 0.5) is 5.69 Å². The first-order valence-corrected chi connectivity index (χ1v) is 7.05. The van der Waals surface area contributed by atoms with Gasteiger partial charge in [-0.2, -0.15) is 5.10 Å². The number of hydrogen-bond acceptors (Lipinski definition) is 3. The number of anilines is 1. The standard InChI is InChI=1S/C16H22N4O/c1-5-18(2)15-8-6-14(7-9-15)16(21)19(3)11-13-10-17-20(4)12-13/h6-10,12H,5,11H2,1-4H3. The molecule has 21 heavy (non-hydrogen) atoms. The van der Waals surface area contributed by atoms with Crippen molar-refractivity contribution in [3.8, 4) is 0 Å². The lowest BCUT2D eigenvalue weighted by molar-refractivity contribution is 0.0785. The molecule has 0 bridgehead atoms. The lowest BCUT2D eigenvalue weighted by Gasteiger charge is -2.19. The summed E-state index contributed by atoms with van der Waals surface area (Å²) in [6, 6.07) is 7.72. The molecule has 112 valence electrons. The van der Waals surface area contributed by atoms with Crippen LogP contribution in [0, 0.1) is 0 Å². The molecule has 0 unspecified atom stereocenters. The maximum absolute atomic E-state index is 12.4. The smallest absolute Gasteiger partial charge is 0.253 e. The largest absolute Gasteiger partial charge is 0.375 e. The molecule has 1 aromatic heterocycles. The minimum absolute atomic E-state index is 0.0181. The van der Waals surface area contributed by atoms with Gasteiger partial charge in [0.15, 0.2) is 0 Å². The van der Waals surface area contributed by atoms with Crippen molar-refractivity contribution in [1.29, 1.82) is 0 Å². The van der Waals surface area contributed by atoms with Crippen LogP contribution in [0.2, 0.25) is 0 Å². The normalized spacial score (nSPS) is 10.5. The van der Waals surface area contributed by atoms with E-state index in [1.165, 1.54) is 0 Å². The summed E-state index contributed by atoms with van der Waals surface area (Å²) in [6.45, 7) is 3.60. The highest BCUT2D eigenvalue weighted by Crippen LogP contribution is 2.15. The van der Waals surface area contributed by atoms with E-state index in [-0.39, 0.29) is 5.91 Å². The second kappa shape index (κ2) is 6.43. The third-order valence-corrected chi connectivity index (χ3v) is 3.55. The van der Waals surface area contributed by atoms with Crippen molar-refractivity contribution in [2.45, 2.75) is 13.5 Å². The molecule has 0 radical (unpaired) electrons. The van der Waals surface area contributed by atoms with Crippen molar-refractivity contribution in [2.24, 2.45) is 7.05 Å². The molecule has 5 heteroatoms. The number of carbonyl (C=O) groups excluding carboxylic acids is 1. The maximum atomic E-state index is 12.4. The third-order valence-electron chi connectivity index (χ3n) is 3.55. The number of hydrogen-bond donors (Lipinski definition) is 0. The van der Waals surface area contributed by atoms with Gasteiger partial charge in [-0.25, -0.2) is 0 Å². The highest BCUT2D eigenvalue weighted by molar-refractivity contribution is 5.94. The van der Waals surface area contributed by atoms with Gasteiger partial charge in [0, 0.05) is 57.2 Å². The molecule has 0 saturated heterocycles. The fourth-order valence-corrected chi connectivity index (χ4v) is 2.16. The van der Waals surface area contributed by atoms with Crippen LogP contribution in [0.15, 0.2) is 36.7 Å². The Hall–Kier alpha value is -2.30. The fourth-order valence-electron chi connectivity index (χ4n) is 2.16. The molecule has 0 aliphatic heterocycles. The minimum Gasteiger partial charge on any atom is -0.375 e. The summed E-state index contributed by atoms with van der Waals surface area (Å²) < 4.78 is 1.74. The van der Waals surface area contributed by atoms with Crippen LogP contribution in [0.3, 0.4) is 0 Å². The Bertz CT molecular complexity index is 603. The van der Waals surface area contributed by atoms with Gasteiger partial charge in [-0.15, -0.1) is 0 Å². The lowest BCUT2D eigenvalue weighted by Crippen LogP contribution is -2.26. The SMILES string of the molecule is CCN(C)c1ccc(C(=O)N(C)Cc2cnn(C)c2)cc1. The zero-order valence-corrected chi connectivity index (χ0v) is 13.1. The van der Waals surface area contributed by atoms with E-state index in [2.05, 4.69) is 16.9 Å². The molecule has 1 aromatic carbocycles. The van der Waals surface area contributed by atoms with Gasteiger partial charge in [0.1, 0.15) is 0 Å². The van der Waals surface area contributed by atoms with Gasteiger partial charge in [0.2, 0.25) is 0 Å². The van der Waals surface area contributed by atoms with Crippen molar-refractivity contribution >= 4 is 11.6 Å². The Morgan fingerprint density at radius 2 is 1.90 bits per heavy atom. The van der Waals surface area contributed by atoms with E-state index in [4.69, 9.17) is 0 Å². The molecule has 0 fully saturated rings. The molecule has 1 heterocycles. The highest BCUT2D eigenvalue weighted by Gasteiger charge is 2.13. The van der Waals surface area contributed by atoms with Gasteiger partial charge in [-0.1, -0.05) is 0 Å². The topological polar surface area (TPSA) is 41.4 Å². The second-order valence-corrected chi connectivity index (χ2v) is 5.24. The number of aromatic nitrogens is 2. The molecular weight excluding hydrogens is 264 g/mol. The number of aryl methyl sites for hydroxylation is 1. The van der Waals surface area contributed by atoms with Crippen LogP contribution in [0.1, 0.15) is 22.8 Å². The Kier molecular flexibility index (Phi) is 4.62. The zero-order chi connectivity index (χ0) is 15.4. The van der Waals surface area contributed by atoms with Crippen LogP contribution < -0.4 is 4.90 Å². The molecule has 0 atom stereocenters. The number of rotatable bonds is 5. The average molecular weight is 286 g/mol. The van der Waals surface area contributed by atoms with Gasteiger partial charge >= 0.3 is 0 Å². The minimum atomic E-state index is 0.0181. The molecule has 0 aliphatic carbocycles. The summed E-state index contributed by atoms with van der Waals surface area (Å²) in [4.78, 5) is 16.2. The number of nitrogens with zero attached hydrogens (tertiary/aromatic N) is 4. The highest BCUT2D eigenvalue weighted by atomic mass is 16.2. The average Bonchev–Trinajstić information content (AvgIpc) is 2.90. The number of benzene rings is 1.